The van der Waals surface area contributed by atoms with E-state index in [2.05, 4.69) is 64.2 Å². The Hall–Kier alpha value is -1.02. The number of benzene rings is 1. The minimum absolute atomic E-state index is 0.207. The van der Waals surface area contributed by atoms with Crippen molar-refractivity contribution in [1.82, 2.24) is 5.32 Å². The van der Waals surface area contributed by atoms with Gasteiger partial charge in [-0.15, -0.1) is 0 Å². The number of hydrogen-bond donors (Lipinski definition) is 1. The third kappa shape index (κ3) is 5.96. The molecule has 0 saturated heterocycles. The lowest BCUT2D eigenvalue weighted by molar-refractivity contribution is 0.294. The van der Waals surface area contributed by atoms with Crippen LogP contribution >= 0.6 is 0 Å². The van der Waals surface area contributed by atoms with Crippen LogP contribution in [-0.2, 0) is 5.41 Å². The molecule has 1 N–H and O–H groups in total. The second kappa shape index (κ2) is 8.31. The van der Waals surface area contributed by atoms with Crippen LogP contribution in [0.2, 0.25) is 0 Å². The second-order valence-electron chi connectivity index (χ2n) is 6.43. The number of hydrogen-bond acceptors (Lipinski definition) is 2. The van der Waals surface area contributed by atoms with Crippen molar-refractivity contribution in [3.63, 3.8) is 0 Å². The summed E-state index contributed by atoms with van der Waals surface area (Å²) in [5.41, 5.74) is 1.56. The molecule has 1 rings (SSSR count). The molecule has 1 atom stereocenters. The van der Waals surface area contributed by atoms with Crippen molar-refractivity contribution in [3.05, 3.63) is 29.8 Å². The quantitative estimate of drug-likeness (QED) is 0.705. The lowest BCUT2D eigenvalue weighted by atomic mass is 9.87. The predicted octanol–water partition coefficient (Wildman–Crippen LogP) is 4.53. The first-order chi connectivity index (χ1) is 9.47. The van der Waals surface area contributed by atoms with Crippen molar-refractivity contribution in [1.29, 1.82) is 0 Å². The van der Waals surface area contributed by atoms with E-state index in [0.29, 0.717) is 6.04 Å². The molecule has 0 aromatic heterocycles. The van der Waals surface area contributed by atoms with Gasteiger partial charge in [0.05, 0.1) is 6.61 Å². The Morgan fingerprint density at radius 1 is 1.10 bits per heavy atom. The summed E-state index contributed by atoms with van der Waals surface area (Å²) >= 11 is 0. The number of rotatable bonds is 8. The van der Waals surface area contributed by atoms with E-state index in [4.69, 9.17) is 4.74 Å². The second-order valence-corrected chi connectivity index (χ2v) is 6.43. The van der Waals surface area contributed by atoms with Crippen LogP contribution in [0.25, 0.3) is 0 Å². The van der Waals surface area contributed by atoms with Crippen LogP contribution < -0.4 is 10.1 Å². The molecule has 0 bridgehead atoms. The topological polar surface area (TPSA) is 21.3 Å². The highest BCUT2D eigenvalue weighted by Crippen LogP contribution is 2.24. The average Bonchev–Trinajstić information content (AvgIpc) is 2.42. The minimum atomic E-state index is 0.207. The molecule has 114 valence electrons. The summed E-state index contributed by atoms with van der Waals surface area (Å²) in [4.78, 5) is 0. The third-order valence-corrected chi connectivity index (χ3v) is 3.67. The standard InChI is InChI=1S/C18H31NO/c1-6-16(19-7-2)9-8-14-20-17-12-10-15(11-13-17)18(3,4)5/h10-13,16,19H,6-9,14H2,1-5H3. The highest BCUT2D eigenvalue weighted by Gasteiger charge is 2.12. The summed E-state index contributed by atoms with van der Waals surface area (Å²) in [5.74, 6) is 0.981. The van der Waals surface area contributed by atoms with E-state index in [1.807, 2.05) is 0 Å². The van der Waals surface area contributed by atoms with Gasteiger partial charge in [0.1, 0.15) is 5.75 Å². The van der Waals surface area contributed by atoms with E-state index in [-0.39, 0.29) is 5.41 Å². The molecule has 0 fully saturated rings. The van der Waals surface area contributed by atoms with Gasteiger partial charge in [0.15, 0.2) is 0 Å². The maximum absolute atomic E-state index is 5.82. The Morgan fingerprint density at radius 2 is 1.75 bits per heavy atom. The van der Waals surface area contributed by atoms with Gasteiger partial charge in [-0.1, -0.05) is 46.8 Å². The molecule has 0 radical (unpaired) electrons. The number of ether oxygens (including phenoxy) is 1. The van der Waals surface area contributed by atoms with Crippen LogP contribution in [0.1, 0.15) is 59.4 Å². The van der Waals surface area contributed by atoms with Gasteiger partial charge in [0.2, 0.25) is 0 Å². The van der Waals surface area contributed by atoms with Gasteiger partial charge in [-0.05, 0) is 48.9 Å². The highest BCUT2D eigenvalue weighted by atomic mass is 16.5. The van der Waals surface area contributed by atoms with Gasteiger partial charge < -0.3 is 10.1 Å². The Morgan fingerprint density at radius 3 is 2.25 bits per heavy atom. The SMILES string of the molecule is CCNC(CC)CCCOc1ccc(C(C)(C)C)cc1. The largest absolute Gasteiger partial charge is 0.494 e. The van der Waals surface area contributed by atoms with Crippen molar-refractivity contribution in [2.24, 2.45) is 0 Å². The summed E-state index contributed by atoms with van der Waals surface area (Å²) in [6.07, 6.45) is 3.48. The minimum Gasteiger partial charge on any atom is -0.494 e. The molecule has 20 heavy (non-hydrogen) atoms. The Balaban J connectivity index is 2.32. The summed E-state index contributed by atoms with van der Waals surface area (Å²) < 4.78 is 5.82. The van der Waals surface area contributed by atoms with Crippen molar-refractivity contribution < 1.29 is 4.74 Å². The van der Waals surface area contributed by atoms with Crippen molar-refractivity contribution in [2.75, 3.05) is 13.2 Å². The molecule has 1 aromatic rings. The van der Waals surface area contributed by atoms with Crippen LogP contribution in [0, 0.1) is 0 Å². The zero-order chi connectivity index (χ0) is 15.0. The monoisotopic (exact) mass is 277 g/mol. The smallest absolute Gasteiger partial charge is 0.119 e. The summed E-state index contributed by atoms with van der Waals surface area (Å²) in [6, 6.07) is 9.14. The van der Waals surface area contributed by atoms with E-state index in [0.717, 1.165) is 25.3 Å². The highest BCUT2D eigenvalue weighted by molar-refractivity contribution is 5.31. The molecule has 2 nitrogen and oxygen atoms in total. The molecule has 0 saturated carbocycles. The molecule has 0 aliphatic carbocycles. The van der Waals surface area contributed by atoms with E-state index < -0.39 is 0 Å². The first-order valence-electron chi connectivity index (χ1n) is 7.94. The van der Waals surface area contributed by atoms with E-state index in [1.165, 1.54) is 18.4 Å². The molecule has 2 heteroatoms. The predicted molar refractivity (Wildman–Crippen MR) is 87.6 cm³/mol. The summed E-state index contributed by atoms with van der Waals surface area (Å²) in [7, 11) is 0. The zero-order valence-electron chi connectivity index (χ0n) is 13.8. The molecular formula is C18H31NO. The van der Waals surface area contributed by atoms with Gasteiger partial charge >= 0.3 is 0 Å². The van der Waals surface area contributed by atoms with Gasteiger partial charge in [-0.25, -0.2) is 0 Å². The van der Waals surface area contributed by atoms with E-state index >= 15 is 0 Å². The fraction of sp³-hybridized carbons (Fsp3) is 0.667. The van der Waals surface area contributed by atoms with Crippen LogP contribution in [0.15, 0.2) is 24.3 Å². The molecule has 0 aliphatic heterocycles. The Bertz CT molecular complexity index is 364. The van der Waals surface area contributed by atoms with E-state index in [1.54, 1.807) is 0 Å². The average molecular weight is 277 g/mol. The van der Waals surface area contributed by atoms with Crippen LogP contribution in [0.4, 0.5) is 0 Å². The normalized spacial score (nSPS) is 13.2. The molecular weight excluding hydrogens is 246 g/mol. The summed E-state index contributed by atoms with van der Waals surface area (Å²) in [6.45, 7) is 12.9. The molecule has 1 aromatic carbocycles. The van der Waals surface area contributed by atoms with Crippen molar-refractivity contribution >= 4 is 0 Å². The number of nitrogens with one attached hydrogen (secondary N) is 1. The third-order valence-electron chi connectivity index (χ3n) is 3.67. The molecule has 0 heterocycles. The molecule has 0 spiro atoms. The maximum atomic E-state index is 5.82. The lowest BCUT2D eigenvalue weighted by Crippen LogP contribution is -2.28. The Labute approximate surface area is 124 Å². The van der Waals surface area contributed by atoms with Gasteiger partial charge in [-0.3, -0.25) is 0 Å². The van der Waals surface area contributed by atoms with Crippen LogP contribution in [0.3, 0.4) is 0 Å². The van der Waals surface area contributed by atoms with Gasteiger partial charge in [0, 0.05) is 6.04 Å². The van der Waals surface area contributed by atoms with Crippen LogP contribution in [0.5, 0.6) is 5.75 Å². The first-order valence-corrected chi connectivity index (χ1v) is 7.94. The van der Waals surface area contributed by atoms with Crippen molar-refractivity contribution in [3.8, 4) is 5.75 Å². The fourth-order valence-electron chi connectivity index (χ4n) is 2.31. The van der Waals surface area contributed by atoms with Gasteiger partial charge in [-0.2, -0.15) is 0 Å². The molecule has 1 unspecified atom stereocenters. The van der Waals surface area contributed by atoms with Gasteiger partial charge in [0.25, 0.3) is 0 Å². The van der Waals surface area contributed by atoms with Crippen LogP contribution in [-0.4, -0.2) is 19.2 Å². The molecule has 0 aliphatic rings. The lowest BCUT2D eigenvalue weighted by Gasteiger charge is -2.19. The van der Waals surface area contributed by atoms with E-state index in [9.17, 15) is 0 Å². The fourth-order valence-corrected chi connectivity index (χ4v) is 2.31. The summed E-state index contributed by atoms with van der Waals surface area (Å²) in [5, 5.41) is 3.50. The molecule has 0 amide bonds. The maximum Gasteiger partial charge on any atom is 0.119 e. The Kier molecular flexibility index (Phi) is 7.08. The first kappa shape index (κ1) is 17.0. The van der Waals surface area contributed by atoms with Crippen molar-refractivity contribution in [2.45, 2.75) is 65.3 Å². The zero-order valence-corrected chi connectivity index (χ0v) is 13.8.